The molecule has 0 saturated heterocycles. The number of anilines is 3. The van der Waals surface area contributed by atoms with Crippen LogP contribution in [-0.2, 0) is 6.42 Å². The minimum absolute atomic E-state index is 0.667. The first kappa shape index (κ1) is 17.2. The van der Waals surface area contributed by atoms with Gasteiger partial charge in [-0.1, -0.05) is 25.1 Å². The second kappa shape index (κ2) is 8.48. The Labute approximate surface area is 139 Å². The number of nitrogens with one attached hydrogen (secondary N) is 2. The van der Waals surface area contributed by atoms with E-state index in [2.05, 4.69) is 71.6 Å². The van der Waals surface area contributed by atoms with Crippen molar-refractivity contribution in [1.29, 1.82) is 0 Å². The van der Waals surface area contributed by atoms with Gasteiger partial charge in [0, 0.05) is 18.4 Å². The highest BCUT2D eigenvalue weighted by molar-refractivity contribution is 5.65. The Hall–Kier alpha value is -2.14. The first-order chi connectivity index (χ1) is 11.1. The summed E-state index contributed by atoms with van der Waals surface area (Å²) in [6.07, 6.45) is 3.84. The van der Waals surface area contributed by atoms with E-state index in [1.807, 2.05) is 6.07 Å². The van der Waals surface area contributed by atoms with Gasteiger partial charge in [-0.05, 0) is 57.6 Å². The molecule has 1 aromatic carbocycles. The van der Waals surface area contributed by atoms with Crippen LogP contribution in [0.5, 0.6) is 0 Å². The predicted molar refractivity (Wildman–Crippen MR) is 97.5 cm³/mol. The number of para-hydroxylation sites is 1. The molecule has 2 N–H and O–H groups in total. The maximum Gasteiger partial charge on any atom is 0.224 e. The first-order valence-corrected chi connectivity index (χ1v) is 8.17. The average molecular weight is 313 g/mol. The lowest BCUT2D eigenvalue weighted by atomic mass is 10.1. The molecule has 1 heterocycles. The van der Waals surface area contributed by atoms with E-state index in [0.29, 0.717) is 5.95 Å². The molecule has 2 rings (SSSR count). The summed E-state index contributed by atoms with van der Waals surface area (Å²) in [5, 5.41) is 6.72. The number of benzene rings is 1. The Kier molecular flexibility index (Phi) is 6.35. The van der Waals surface area contributed by atoms with Crippen molar-refractivity contribution in [2.45, 2.75) is 26.7 Å². The summed E-state index contributed by atoms with van der Waals surface area (Å²) in [5.41, 5.74) is 3.67. The molecule has 0 saturated carbocycles. The van der Waals surface area contributed by atoms with Crippen molar-refractivity contribution in [2.24, 2.45) is 0 Å². The van der Waals surface area contributed by atoms with Gasteiger partial charge in [0.05, 0.1) is 0 Å². The smallest absolute Gasteiger partial charge is 0.224 e. The van der Waals surface area contributed by atoms with Gasteiger partial charge in [0.25, 0.3) is 0 Å². The van der Waals surface area contributed by atoms with E-state index in [9.17, 15) is 0 Å². The molecule has 23 heavy (non-hydrogen) atoms. The van der Waals surface area contributed by atoms with Gasteiger partial charge in [-0.25, -0.2) is 4.98 Å². The molecule has 0 unspecified atom stereocenters. The van der Waals surface area contributed by atoms with Crippen LogP contribution in [0.3, 0.4) is 0 Å². The molecule has 0 bridgehead atoms. The lowest BCUT2D eigenvalue weighted by Gasteiger charge is -2.14. The van der Waals surface area contributed by atoms with Crippen molar-refractivity contribution in [2.75, 3.05) is 37.8 Å². The van der Waals surface area contributed by atoms with Crippen molar-refractivity contribution >= 4 is 17.5 Å². The van der Waals surface area contributed by atoms with Crippen LogP contribution in [0.25, 0.3) is 0 Å². The van der Waals surface area contributed by atoms with Crippen LogP contribution in [0.1, 0.15) is 24.5 Å². The lowest BCUT2D eigenvalue weighted by Crippen LogP contribution is -2.17. The zero-order chi connectivity index (χ0) is 16.7. The third-order valence-electron chi connectivity index (χ3n) is 3.71. The molecule has 5 nitrogen and oxygen atoms in total. The third kappa shape index (κ3) is 5.21. The number of aryl methyl sites for hydroxylation is 2. The lowest BCUT2D eigenvalue weighted by molar-refractivity contribution is 0.405. The van der Waals surface area contributed by atoms with E-state index in [1.165, 1.54) is 11.1 Å². The van der Waals surface area contributed by atoms with Gasteiger partial charge in [0.15, 0.2) is 0 Å². The molecule has 0 aliphatic rings. The average Bonchev–Trinajstić information content (AvgIpc) is 2.54. The molecular formula is C18H27N5. The molecule has 0 amide bonds. The normalized spacial score (nSPS) is 10.8. The molecule has 2 aromatic rings. The molecule has 0 fully saturated rings. The molecular weight excluding hydrogens is 286 g/mol. The van der Waals surface area contributed by atoms with E-state index in [4.69, 9.17) is 0 Å². The molecule has 0 spiro atoms. The van der Waals surface area contributed by atoms with Crippen molar-refractivity contribution < 1.29 is 0 Å². The molecule has 0 aliphatic heterocycles. The third-order valence-corrected chi connectivity index (χ3v) is 3.71. The second-order valence-electron chi connectivity index (χ2n) is 5.94. The van der Waals surface area contributed by atoms with Gasteiger partial charge in [-0.2, -0.15) is 4.98 Å². The van der Waals surface area contributed by atoms with Gasteiger partial charge in [-0.15, -0.1) is 0 Å². The Morgan fingerprint density at radius 2 is 2.00 bits per heavy atom. The van der Waals surface area contributed by atoms with Gasteiger partial charge >= 0.3 is 0 Å². The standard InChI is InChI=1S/C18H27N5/c1-5-15-9-6-8-14(2)17(15)21-16-10-12-20-18(22-16)19-11-7-13-23(3)4/h6,8-10,12H,5,7,11,13H2,1-4H3,(H2,19,20,21,22). The number of nitrogens with zero attached hydrogens (tertiary/aromatic N) is 3. The zero-order valence-electron chi connectivity index (χ0n) is 14.6. The molecule has 1 aromatic heterocycles. The van der Waals surface area contributed by atoms with Crippen LogP contribution in [-0.4, -0.2) is 42.1 Å². The van der Waals surface area contributed by atoms with Crippen LogP contribution < -0.4 is 10.6 Å². The van der Waals surface area contributed by atoms with E-state index in [1.54, 1.807) is 6.20 Å². The topological polar surface area (TPSA) is 53.1 Å². The summed E-state index contributed by atoms with van der Waals surface area (Å²) in [5.74, 6) is 1.49. The summed E-state index contributed by atoms with van der Waals surface area (Å²) in [4.78, 5) is 11.0. The van der Waals surface area contributed by atoms with Crippen molar-refractivity contribution in [3.63, 3.8) is 0 Å². The van der Waals surface area contributed by atoms with Gasteiger partial charge in [0.1, 0.15) is 5.82 Å². The van der Waals surface area contributed by atoms with Gasteiger partial charge in [0.2, 0.25) is 5.95 Å². The number of aromatic nitrogens is 2. The Bertz CT molecular complexity index is 625. The minimum Gasteiger partial charge on any atom is -0.354 e. The zero-order valence-corrected chi connectivity index (χ0v) is 14.6. The SMILES string of the molecule is CCc1cccc(C)c1Nc1ccnc(NCCCN(C)C)n1. The van der Waals surface area contributed by atoms with E-state index in [-0.39, 0.29) is 0 Å². The summed E-state index contributed by atoms with van der Waals surface area (Å²) in [6, 6.07) is 8.26. The van der Waals surface area contributed by atoms with Gasteiger partial charge < -0.3 is 15.5 Å². The summed E-state index contributed by atoms with van der Waals surface area (Å²) in [6.45, 7) is 6.20. The number of hydrogen-bond donors (Lipinski definition) is 2. The van der Waals surface area contributed by atoms with Crippen molar-refractivity contribution in [3.05, 3.63) is 41.6 Å². The van der Waals surface area contributed by atoms with Crippen LogP contribution in [0.4, 0.5) is 17.5 Å². The number of hydrogen-bond acceptors (Lipinski definition) is 5. The fraction of sp³-hybridized carbons (Fsp3) is 0.444. The first-order valence-electron chi connectivity index (χ1n) is 8.17. The van der Waals surface area contributed by atoms with Gasteiger partial charge in [-0.3, -0.25) is 0 Å². The minimum atomic E-state index is 0.667. The van der Waals surface area contributed by atoms with Crippen LogP contribution >= 0.6 is 0 Å². The molecule has 0 radical (unpaired) electrons. The van der Waals surface area contributed by atoms with Crippen LogP contribution in [0, 0.1) is 6.92 Å². The van der Waals surface area contributed by atoms with E-state index < -0.39 is 0 Å². The summed E-state index contributed by atoms with van der Waals surface area (Å²) >= 11 is 0. The highest BCUT2D eigenvalue weighted by Crippen LogP contribution is 2.24. The molecule has 0 aliphatic carbocycles. The van der Waals surface area contributed by atoms with Crippen LogP contribution in [0.2, 0.25) is 0 Å². The Balaban J connectivity index is 2.03. The monoisotopic (exact) mass is 313 g/mol. The predicted octanol–water partition coefficient (Wildman–Crippen LogP) is 3.45. The van der Waals surface area contributed by atoms with Crippen molar-refractivity contribution in [3.8, 4) is 0 Å². The largest absolute Gasteiger partial charge is 0.354 e. The Morgan fingerprint density at radius 1 is 1.17 bits per heavy atom. The Morgan fingerprint density at radius 3 is 2.74 bits per heavy atom. The molecule has 0 atom stereocenters. The maximum absolute atomic E-state index is 4.55. The highest BCUT2D eigenvalue weighted by atomic mass is 15.1. The summed E-state index contributed by atoms with van der Waals surface area (Å²) in [7, 11) is 4.16. The van der Waals surface area contributed by atoms with E-state index >= 15 is 0 Å². The number of rotatable bonds is 8. The quantitative estimate of drug-likeness (QED) is 0.731. The van der Waals surface area contributed by atoms with Crippen LogP contribution in [0.15, 0.2) is 30.5 Å². The fourth-order valence-corrected chi connectivity index (χ4v) is 2.44. The summed E-state index contributed by atoms with van der Waals surface area (Å²) < 4.78 is 0. The highest BCUT2D eigenvalue weighted by Gasteiger charge is 2.06. The fourth-order valence-electron chi connectivity index (χ4n) is 2.44. The maximum atomic E-state index is 4.55. The van der Waals surface area contributed by atoms with E-state index in [0.717, 1.165) is 37.4 Å². The molecule has 124 valence electrons. The molecule has 5 heteroatoms. The van der Waals surface area contributed by atoms with Crippen molar-refractivity contribution in [1.82, 2.24) is 14.9 Å². The second-order valence-corrected chi connectivity index (χ2v) is 5.94.